The van der Waals surface area contributed by atoms with E-state index >= 15 is 0 Å². The van der Waals surface area contributed by atoms with Crippen LogP contribution in [0.3, 0.4) is 0 Å². The standard InChI is InChI=1S/C16H19BrN2OS/c1-3-19(4-2)16(20)13-6-5-7-14(9-13)18-10-12-8-15(17)21-11-12/h5-9,11,18H,3-4,10H2,1-2H3. The summed E-state index contributed by atoms with van der Waals surface area (Å²) in [4.78, 5) is 14.2. The third kappa shape index (κ3) is 4.32. The van der Waals surface area contributed by atoms with Crippen LogP contribution >= 0.6 is 27.3 Å². The Kier molecular flexibility index (Phi) is 5.82. The van der Waals surface area contributed by atoms with E-state index in [0.29, 0.717) is 0 Å². The second-order valence-electron chi connectivity index (χ2n) is 4.67. The average molecular weight is 367 g/mol. The first-order chi connectivity index (χ1) is 10.1. The molecule has 1 amide bonds. The molecule has 0 saturated carbocycles. The molecule has 2 aromatic rings. The van der Waals surface area contributed by atoms with Gasteiger partial charge in [0.15, 0.2) is 0 Å². The maximum atomic E-state index is 12.3. The third-order valence-electron chi connectivity index (χ3n) is 3.28. The summed E-state index contributed by atoms with van der Waals surface area (Å²) in [5.41, 5.74) is 2.93. The first kappa shape index (κ1) is 16.0. The number of halogens is 1. The number of thiophene rings is 1. The molecule has 2 rings (SSSR count). The molecule has 0 unspecified atom stereocenters. The smallest absolute Gasteiger partial charge is 0.253 e. The quantitative estimate of drug-likeness (QED) is 0.809. The summed E-state index contributed by atoms with van der Waals surface area (Å²) in [6, 6.07) is 9.79. The van der Waals surface area contributed by atoms with Crippen LogP contribution in [0.5, 0.6) is 0 Å². The summed E-state index contributed by atoms with van der Waals surface area (Å²) in [6.07, 6.45) is 0. The highest BCUT2D eigenvalue weighted by molar-refractivity contribution is 9.11. The minimum absolute atomic E-state index is 0.0851. The van der Waals surface area contributed by atoms with Crippen molar-refractivity contribution in [2.75, 3.05) is 18.4 Å². The van der Waals surface area contributed by atoms with Crippen LogP contribution in [0.15, 0.2) is 39.5 Å². The van der Waals surface area contributed by atoms with Gasteiger partial charge in [0.05, 0.1) is 3.79 Å². The van der Waals surface area contributed by atoms with Gasteiger partial charge < -0.3 is 10.2 Å². The molecule has 0 spiro atoms. The molecule has 0 bridgehead atoms. The lowest BCUT2D eigenvalue weighted by Gasteiger charge is -2.19. The summed E-state index contributed by atoms with van der Waals surface area (Å²) in [5.74, 6) is 0.0851. The zero-order valence-corrected chi connectivity index (χ0v) is 14.6. The van der Waals surface area contributed by atoms with Gasteiger partial charge in [-0.1, -0.05) is 6.07 Å². The predicted molar refractivity (Wildman–Crippen MR) is 93.0 cm³/mol. The average Bonchev–Trinajstić information content (AvgIpc) is 2.92. The van der Waals surface area contributed by atoms with E-state index in [1.165, 1.54) is 5.56 Å². The number of nitrogens with one attached hydrogen (secondary N) is 1. The van der Waals surface area contributed by atoms with E-state index < -0.39 is 0 Å². The van der Waals surface area contributed by atoms with Crippen molar-refractivity contribution in [1.29, 1.82) is 0 Å². The van der Waals surface area contributed by atoms with Gasteiger partial charge in [0.25, 0.3) is 5.91 Å². The number of amides is 1. The molecule has 0 saturated heterocycles. The Morgan fingerprint density at radius 2 is 2.05 bits per heavy atom. The second-order valence-corrected chi connectivity index (χ2v) is 6.96. The highest BCUT2D eigenvalue weighted by Gasteiger charge is 2.12. The first-order valence-corrected chi connectivity index (χ1v) is 8.67. The molecule has 112 valence electrons. The van der Waals surface area contributed by atoms with Gasteiger partial charge in [0.1, 0.15) is 0 Å². The van der Waals surface area contributed by atoms with Gasteiger partial charge in [-0.2, -0.15) is 0 Å². The van der Waals surface area contributed by atoms with Crippen molar-refractivity contribution in [2.24, 2.45) is 0 Å². The molecule has 0 aliphatic heterocycles. The number of nitrogens with zero attached hydrogens (tertiary/aromatic N) is 1. The maximum Gasteiger partial charge on any atom is 0.253 e. The van der Waals surface area contributed by atoms with E-state index in [0.717, 1.165) is 34.7 Å². The van der Waals surface area contributed by atoms with Gasteiger partial charge in [-0.15, -0.1) is 11.3 Å². The van der Waals surface area contributed by atoms with Crippen molar-refractivity contribution < 1.29 is 4.79 Å². The molecule has 0 atom stereocenters. The summed E-state index contributed by atoms with van der Waals surface area (Å²) in [7, 11) is 0. The molecule has 1 heterocycles. The largest absolute Gasteiger partial charge is 0.381 e. The Bertz CT molecular complexity index is 608. The molecule has 0 radical (unpaired) electrons. The Morgan fingerprint density at radius 1 is 1.29 bits per heavy atom. The molecule has 0 fully saturated rings. The van der Waals surface area contributed by atoms with E-state index in [1.54, 1.807) is 11.3 Å². The molecule has 5 heteroatoms. The van der Waals surface area contributed by atoms with Crippen LogP contribution in [0, 0.1) is 0 Å². The fraction of sp³-hybridized carbons (Fsp3) is 0.312. The Hall–Kier alpha value is -1.33. The normalized spacial score (nSPS) is 10.4. The third-order valence-corrected chi connectivity index (χ3v) is 4.83. The fourth-order valence-electron chi connectivity index (χ4n) is 2.10. The Balaban J connectivity index is 2.05. The summed E-state index contributed by atoms with van der Waals surface area (Å²) >= 11 is 5.13. The van der Waals surface area contributed by atoms with Gasteiger partial charge in [-0.25, -0.2) is 0 Å². The molecular weight excluding hydrogens is 348 g/mol. The van der Waals surface area contributed by atoms with Crippen molar-refractivity contribution in [3.05, 3.63) is 50.6 Å². The van der Waals surface area contributed by atoms with E-state index in [9.17, 15) is 4.79 Å². The van der Waals surface area contributed by atoms with Crippen molar-refractivity contribution in [1.82, 2.24) is 4.90 Å². The zero-order chi connectivity index (χ0) is 15.2. The van der Waals surface area contributed by atoms with Crippen molar-refractivity contribution in [2.45, 2.75) is 20.4 Å². The van der Waals surface area contributed by atoms with E-state index in [1.807, 2.05) is 43.0 Å². The van der Waals surface area contributed by atoms with Gasteiger partial charge in [-0.05, 0) is 65.0 Å². The van der Waals surface area contributed by atoms with Crippen LogP contribution in [0.1, 0.15) is 29.8 Å². The molecule has 1 aromatic heterocycles. The van der Waals surface area contributed by atoms with Crippen molar-refractivity contribution >= 4 is 38.9 Å². The van der Waals surface area contributed by atoms with Crippen LogP contribution in [0.4, 0.5) is 5.69 Å². The number of hydrogen-bond donors (Lipinski definition) is 1. The van der Waals surface area contributed by atoms with Crippen LogP contribution in [0.25, 0.3) is 0 Å². The topological polar surface area (TPSA) is 32.3 Å². The van der Waals surface area contributed by atoms with Crippen molar-refractivity contribution in [3.8, 4) is 0 Å². The van der Waals surface area contributed by atoms with E-state index in [4.69, 9.17) is 0 Å². The predicted octanol–water partition coefficient (Wildman–Crippen LogP) is 4.60. The number of carbonyl (C=O) groups is 1. The van der Waals surface area contributed by atoms with Crippen LogP contribution in [0.2, 0.25) is 0 Å². The summed E-state index contributed by atoms with van der Waals surface area (Å²) in [5, 5.41) is 5.47. The molecule has 1 aromatic carbocycles. The van der Waals surface area contributed by atoms with E-state index in [-0.39, 0.29) is 5.91 Å². The van der Waals surface area contributed by atoms with Gasteiger partial charge >= 0.3 is 0 Å². The van der Waals surface area contributed by atoms with E-state index in [2.05, 4.69) is 32.7 Å². The monoisotopic (exact) mass is 366 g/mol. The number of rotatable bonds is 6. The number of hydrogen-bond acceptors (Lipinski definition) is 3. The van der Waals surface area contributed by atoms with Crippen LogP contribution in [-0.4, -0.2) is 23.9 Å². The fourth-order valence-corrected chi connectivity index (χ4v) is 3.31. The van der Waals surface area contributed by atoms with Crippen molar-refractivity contribution in [3.63, 3.8) is 0 Å². The lowest BCUT2D eigenvalue weighted by atomic mass is 10.1. The van der Waals surface area contributed by atoms with Crippen LogP contribution < -0.4 is 5.32 Å². The Morgan fingerprint density at radius 3 is 2.67 bits per heavy atom. The second kappa shape index (κ2) is 7.61. The minimum atomic E-state index is 0.0851. The highest BCUT2D eigenvalue weighted by Crippen LogP contribution is 2.21. The van der Waals surface area contributed by atoms with Gasteiger partial charge in [0.2, 0.25) is 0 Å². The molecular formula is C16H19BrN2OS. The van der Waals surface area contributed by atoms with Gasteiger partial charge in [0, 0.05) is 30.9 Å². The lowest BCUT2D eigenvalue weighted by Crippen LogP contribution is -2.30. The molecule has 21 heavy (non-hydrogen) atoms. The Labute approximate surface area is 138 Å². The molecule has 3 nitrogen and oxygen atoms in total. The first-order valence-electron chi connectivity index (χ1n) is 7.00. The highest BCUT2D eigenvalue weighted by atomic mass is 79.9. The number of anilines is 1. The zero-order valence-electron chi connectivity index (χ0n) is 12.2. The number of benzene rings is 1. The summed E-state index contributed by atoms with van der Waals surface area (Å²) < 4.78 is 1.13. The number of carbonyl (C=O) groups excluding carboxylic acids is 1. The molecule has 0 aliphatic carbocycles. The molecule has 0 aliphatic rings. The molecule has 1 N–H and O–H groups in total. The minimum Gasteiger partial charge on any atom is -0.381 e. The van der Waals surface area contributed by atoms with Crippen LogP contribution in [-0.2, 0) is 6.54 Å². The van der Waals surface area contributed by atoms with Gasteiger partial charge in [-0.3, -0.25) is 4.79 Å². The summed E-state index contributed by atoms with van der Waals surface area (Å²) in [6.45, 7) is 6.21. The lowest BCUT2D eigenvalue weighted by molar-refractivity contribution is 0.0773. The SMILES string of the molecule is CCN(CC)C(=O)c1cccc(NCc2csc(Br)c2)c1. The maximum absolute atomic E-state index is 12.3.